The average Bonchev–Trinajstić information content (AvgIpc) is 3.10. The SMILES string of the molecule is Fc1ccc2[nH]c(=S)n(CCCC3CC3)c2c1F. The molecule has 96 valence electrons. The minimum absolute atomic E-state index is 0.260. The van der Waals surface area contributed by atoms with E-state index in [1.54, 1.807) is 4.57 Å². The molecule has 0 amide bonds. The maximum Gasteiger partial charge on any atom is 0.184 e. The standard InChI is InChI=1S/C13H14F2N2S/c14-9-5-6-10-12(11(9)15)17(13(18)16-10)7-1-2-8-3-4-8/h5-6,8H,1-4,7H2,(H,16,18). The lowest BCUT2D eigenvalue weighted by Gasteiger charge is -2.05. The number of H-pyrrole nitrogens is 1. The van der Waals surface area contributed by atoms with Gasteiger partial charge in [-0.2, -0.15) is 0 Å². The first-order valence-corrected chi connectivity index (χ1v) is 6.64. The number of nitrogens with one attached hydrogen (secondary N) is 1. The first-order valence-electron chi connectivity index (χ1n) is 6.23. The molecule has 1 saturated carbocycles. The zero-order chi connectivity index (χ0) is 12.7. The van der Waals surface area contributed by atoms with Crippen molar-refractivity contribution in [2.75, 3.05) is 0 Å². The molecule has 1 fully saturated rings. The summed E-state index contributed by atoms with van der Waals surface area (Å²) in [7, 11) is 0. The number of halogens is 2. The van der Waals surface area contributed by atoms with Crippen LogP contribution in [0.25, 0.3) is 11.0 Å². The Labute approximate surface area is 109 Å². The summed E-state index contributed by atoms with van der Waals surface area (Å²) in [5.74, 6) is -0.801. The van der Waals surface area contributed by atoms with Crippen LogP contribution in [-0.4, -0.2) is 9.55 Å². The highest BCUT2D eigenvalue weighted by molar-refractivity contribution is 7.71. The molecule has 0 radical (unpaired) electrons. The van der Waals surface area contributed by atoms with E-state index in [2.05, 4.69) is 4.98 Å². The van der Waals surface area contributed by atoms with Crippen LogP contribution in [0.3, 0.4) is 0 Å². The van der Waals surface area contributed by atoms with Crippen molar-refractivity contribution >= 4 is 23.3 Å². The fourth-order valence-corrected chi connectivity index (χ4v) is 2.64. The molecule has 1 N–H and O–H groups in total. The van der Waals surface area contributed by atoms with Crippen molar-refractivity contribution in [3.63, 3.8) is 0 Å². The van der Waals surface area contributed by atoms with Gasteiger partial charge in [-0.15, -0.1) is 0 Å². The molecule has 3 rings (SSSR count). The Bertz CT molecular complexity index is 640. The van der Waals surface area contributed by atoms with Gasteiger partial charge >= 0.3 is 0 Å². The van der Waals surface area contributed by atoms with Crippen molar-refractivity contribution in [3.05, 3.63) is 28.5 Å². The molecule has 0 aliphatic heterocycles. The van der Waals surface area contributed by atoms with E-state index in [1.807, 2.05) is 0 Å². The summed E-state index contributed by atoms with van der Waals surface area (Å²) >= 11 is 5.17. The molecule has 2 aromatic rings. The van der Waals surface area contributed by atoms with Gasteiger partial charge in [-0.25, -0.2) is 8.78 Å². The van der Waals surface area contributed by atoms with Crippen LogP contribution < -0.4 is 0 Å². The van der Waals surface area contributed by atoms with Gasteiger partial charge in [0.05, 0.1) is 5.52 Å². The molecule has 0 bridgehead atoms. The number of aromatic nitrogens is 2. The van der Waals surface area contributed by atoms with Crippen molar-refractivity contribution in [3.8, 4) is 0 Å². The average molecular weight is 268 g/mol. The van der Waals surface area contributed by atoms with Gasteiger partial charge in [-0.1, -0.05) is 12.8 Å². The lowest BCUT2D eigenvalue weighted by Crippen LogP contribution is -2.01. The Balaban J connectivity index is 1.95. The third-order valence-corrected chi connectivity index (χ3v) is 3.84. The molecule has 5 heteroatoms. The summed E-state index contributed by atoms with van der Waals surface area (Å²) in [6, 6.07) is 2.65. The summed E-state index contributed by atoms with van der Waals surface area (Å²) in [6.45, 7) is 0.649. The van der Waals surface area contributed by atoms with Crippen LogP contribution in [0.1, 0.15) is 25.7 Å². The van der Waals surface area contributed by atoms with Crippen LogP contribution >= 0.6 is 12.2 Å². The summed E-state index contributed by atoms with van der Waals surface area (Å²) in [4.78, 5) is 2.92. The summed E-state index contributed by atoms with van der Waals surface area (Å²) in [6.07, 6.45) is 4.72. The second-order valence-corrected chi connectivity index (χ2v) is 5.31. The zero-order valence-corrected chi connectivity index (χ0v) is 10.7. The van der Waals surface area contributed by atoms with Crippen LogP contribution in [0.15, 0.2) is 12.1 Å². The Hall–Kier alpha value is -1.23. The number of benzene rings is 1. The molecule has 2 nitrogen and oxygen atoms in total. The third kappa shape index (κ3) is 2.07. The van der Waals surface area contributed by atoms with Crippen LogP contribution in [0, 0.1) is 22.3 Å². The summed E-state index contributed by atoms with van der Waals surface area (Å²) in [5.41, 5.74) is 0.820. The van der Waals surface area contributed by atoms with Crippen LogP contribution in [0.2, 0.25) is 0 Å². The molecule has 1 aromatic heterocycles. The Morgan fingerprint density at radius 2 is 2.11 bits per heavy atom. The predicted molar refractivity (Wildman–Crippen MR) is 69.0 cm³/mol. The smallest absolute Gasteiger partial charge is 0.184 e. The number of fused-ring (bicyclic) bond motifs is 1. The lowest BCUT2D eigenvalue weighted by atomic mass is 10.2. The van der Waals surface area contributed by atoms with Crippen LogP contribution in [0.4, 0.5) is 8.78 Å². The molecule has 1 aliphatic carbocycles. The van der Waals surface area contributed by atoms with Gasteiger partial charge < -0.3 is 9.55 Å². The highest BCUT2D eigenvalue weighted by Crippen LogP contribution is 2.33. The van der Waals surface area contributed by atoms with Gasteiger partial charge in [0.25, 0.3) is 0 Å². The van der Waals surface area contributed by atoms with Gasteiger partial charge in [0.1, 0.15) is 5.52 Å². The molecule has 18 heavy (non-hydrogen) atoms. The molecule has 0 atom stereocenters. The largest absolute Gasteiger partial charge is 0.330 e. The van der Waals surface area contributed by atoms with Gasteiger partial charge in [0.15, 0.2) is 16.4 Å². The van der Waals surface area contributed by atoms with E-state index in [0.29, 0.717) is 16.8 Å². The Kier molecular flexibility index (Phi) is 2.93. The molecule has 0 unspecified atom stereocenters. The van der Waals surface area contributed by atoms with E-state index < -0.39 is 11.6 Å². The van der Waals surface area contributed by atoms with Crippen LogP contribution in [-0.2, 0) is 6.54 Å². The topological polar surface area (TPSA) is 20.7 Å². The number of hydrogen-bond donors (Lipinski definition) is 1. The number of imidazole rings is 1. The minimum Gasteiger partial charge on any atom is -0.330 e. The second kappa shape index (κ2) is 4.46. The molecular formula is C13H14F2N2S. The second-order valence-electron chi connectivity index (χ2n) is 4.92. The third-order valence-electron chi connectivity index (χ3n) is 3.52. The van der Waals surface area contributed by atoms with Gasteiger partial charge in [-0.05, 0) is 43.1 Å². The molecule has 1 aromatic carbocycles. The van der Waals surface area contributed by atoms with Crippen molar-refractivity contribution < 1.29 is 8.78 Å². The summed E-state index contributed by atoms with van der Waals surface area (Å²) in [5, 5.41) is 0. The van der Waals surface area contributed by atoms with Crippen molar-refractivity contribution in [1.29, 1.82) is 0 Å². The van der Waals surface area contributed by atoms with Crippen molar-refractivity contribution in [2.45, 2.75) is 32.2 Å². The maximum atomic E-state index is 13.8. The van der Waals surface area contributed by atoms with Gasteiger partial charge in [0, 0.05) is 6.54 Å². The van der Waals surface area contributed by atoms with E-state index >= 15 is 0 Å². The molecular weight excluding hydrogens is 254 g/mol. The van der Waals surface area contributed by atoms with Crippen LogP contribution in [0.5, 0.6) is 0 Å². The number of nitrogens with zero attached hydrogens (tertiary/aromatic N) is 1. The zero-order valence-electron chi connectivity index (χ0n) is 9.88. The van der Waals surface area contributed by atoms with Gasteiger partial charge in [0.2, 0.25) is 0 Å². The fraction of sp³-hybridized carbons (Fsp3) is 0.462. The summed E-state index contributed by atoms with van der Waals surface area (Å²) < 4.78 is 29.2. The van der Waals surface area contributed by atoms with Gasteiger partial charge in [-0.3, -0.25) is 0 Å². The van der Waals surface area contributed by atoms with E-state index in [9.17, 15) is 8.78 Å². The normalized spacial score (nSPS) is 15.4. The molecule has 0 spiro atoms. The first-order chi connectivity index (χ1) is 8.66. The van der Waals surface area contributed by atoms with E-state index in [0.717, 1.165) is 24.8 Å². The number of rotatable bonds is 4. The first kappa shape index (κ1) is 11.8. The number of aryl methyl sites for hydroxylation is 1. The quantitative estimate of drug-likeness (QED) is 0.825. The molecule has 0 saturated heterocycles. The predicted octanol–water partition coefficient (Wildman–Crippen LogP) is 4.17. The van der Waals surface area contributed by atoms with E-state index in [1.165, 1.54) is 18.9 Å². The maximum absolute atomic E-state index is 13.8. The minimum atomic E-state index is -0.826. The van der Waals surface area contributed by atoms with Crippen molar-refractivity contribution in [1.82, 2.24) is 9.55 Å². The monoisotopic (exact) mass is 268 g/mol. The Morgan fingerprint density at radius 1 is 1.33 bits per heavy atom. The van der Waals surface area contributed by atoms with E-state index in [-0.39, 0.29) is 5.52 Å². The molecule has 1 aliphatic rings. The number of hydrogen-bond acceptors (Lipinski definition) is 1. The van der Waals surface area contributed by atoms with Crippen molar-refractivity contribution in [2.24, 2.45) is 5.92 Å². The fourth-order valence-electron chi connectivity index (χ4n) is 2.35. The molecule has 1 heterocycles. The highest BCUT2D eigenvalue weighted by atomic mass is 32.1. The highest BCUT2D eigenvalue weighted by Gasteiger charge is 2.20. The Morgan fingerprint density at radius 3 is 2.83 bits per heavy atom. The lowest BCUT2D eigenvalue weighted by molar-refractivity contribution is 0.507. The number of aromatic amines is 1. The van der Waals surface area contributed by atoms with E-state index in [4.69, 9.17) is 12.2 Å².